The molecule has 6 heteroatoms. The van der Waals surface area contributed by atoms with Gasteiger partial charge in [-0.15, -0.1) is 0 Å². The molecular weight excluding hydrogens is 216 g/mol. The van der Waals surface area contributed by atoms with Crippen LogP contribution >= 0.6 is 0 Å². The van der Waals surface area contributed by atoms with Gasteiger partial charge in [-0.2, -0.15) is 0 Å². The van der Waals surface area contributed by atoms with Crippen molar-refractivity contribution in [1.29, 1.82) is 0 Å². The molecule has 0 amide bonds. The first kappa shape index (κ1) is 9.87. The van der Waals surface area contributed by atoms with Crippen LogP contribution in [0.4, 0.5) is 0 Å². The first-order valence-electron chi connectivity index (χ1n) is 0.667. The van der Waals surface area contributed by atoms with Gasteiger partial charge in [-0.25, -0.2) is 0 Å². The molecule has 0 atom stereocenters. The van der Waals surface area contributed by atoms with Crippen molar-refractivity contribution < 1.29 is 48.1 Å². The third kappa shape index (κ3) is 124. The van der Waals surface area contributed by atoms with Crippen LogP contribution in [0.3, 0.4) is 0 Å². The van der Waals surface area contributed by atoms with E-state index >= 15 is 0 Å². The molecule has 0 fully saturated rings. The molecule has 0 aliphatic heterocycles. The van der Waals surface area contributed by atoms with Crippen LogP contribution in [0.2, 0.25) is 0 Å². The molecule has 0 heterocycles. The van der Waals surface area contributed by atoms with E-state index in [0.29, 0.717) is 0 Å². The Morgan fingerprint density at radius 3 is 1.17 bits per heavy atom. The second-order valence-corrected chi connectivity index (χ2v) is 2.42. The fourth-order valence-electron chi connectivity index (χ4n) is 0. The van der Waals surface area contributed by atoms with Crippen LogP contribution in [-0.2, 0) is 40.6 Å². The molecule has 0 saturated carbocycles. The Bertz CT molecular complexity index is 90.7. The van der Waals surface area contributed by atoms with E-state index in [1.54, 1.807) is 0 Å². The SMILES string of the molecule is [Fe+2].[O]=[Mo](=[O])([O-])[O-]. The van der Waals surface area contributed by atoms with Gasteiger partial charge in [0.05, 0.1) is 0 Å². The van der Waals surface area contributed by atoms with Crippen molar-refractivity contribution in [2.24, 2.45) is 0 Å². The van der Waals surface area contributed by atoms with Gasteiger partial charge in [-0.05, 0) is 0 Å². The summed E-state index contributed by atoms with van der Waals surface area (Å²) in [4.78, 5) is 0. The fourth-order valence-corrected chi connectivity index (χ4v) is 0. The number of hydrogen-bond acceptors (Lipinski definition) is 4. The molecule has 0 aromatic carbocycles. The van der Waals surface area contributed by atoms with Crippen molar-refractivity contribution in [3.05, 3.63) is 0 Å². The standard InChI is InChI=1S/Fe.Mo.4O/q+2;;;;2*-1. The van der Waals surface area contributed by atoms with E-state index in [1.165, 1.54) is 0 Å². The van der Waals surface area contributed by atoms with Gasteiger partial charge < -0.3 is 0 Å². The van der Waals surface area contributed by atoms with Crippen LogP contribution in [0.15, 0.2) is 0 Å². The number of hydrogen-bond donors (Lipinski definition) is 0. The van der Waals surface area contributed by atoms with Gasteiger partial charge in [0.2, 0.25) is 0 Å². The summed E-state index contributed by atoms with van der Waals surface area (Å²) in [5, 5.41) is 0. The van der Waals surface area contributed by atoms with Gasteiger partial charge in [0, 0.05) is 0 Å². The predicted molar refractivity (Wildman–Crippen MR) is 1.37 cm³/mol. The first-order valence-corrected chi connectivity index (χ1v) is 3.94. The number of rotatable bonds is 0. The summed E-state index contributed by atoms with van der Waals surface area (Å²) in [5.74, 6) is 0. The van der Waals surface area contributed by atoms with Crippen molar-refractivity contribution in [1.82, 2.24) is 0 Å². The van der Waals surface area contributed by atoms with Crippen LogP contribution in [0.1, 0.15) is 0 Å². The van der Waals surface area contributed by atoms with Crippen LogP contribution in [0, 0.1) is 0 Å². The quantitative estimate of drug-likeness (QED) is 0.415. The van der Waals surface area contributed by atoms with Gasteiger partial charge in [-0.1, -0.05) is 0 Å². The Hall–Kier alpha value is 0.728. The zero-order chi connectivity index (χ0) is 4.50. The van der Waals surface area contributed by atoms with E-state index in [0.717, 1.165) is 0 Å². The Kier molecular flexibility index (Phi) is 4.66. The van der Waals surface area contributed by atoms with Gasteiger partial charge in [0.1, 0.15) is 0 Å². The molecular formula is FeMoO4. The fraction of sp³-hybridized carbons (Fsp3) is 0. The average Bonchev–Trinajstić information content (AvgIpc) is 0.722. The minimum absolute atomic E-state index is 0. The first-order chi connectivity index (χ1) is 2.00. The Morgan fingerprint density at radius 1 is 1.17 bits per heavy atom. The summed E-state index contributed by atoms with van der Waals surface area (Å²) in [6, 6.07) is 0. The Morgan fingerprint density at radius 2 is 1.17 bits per heavy atom. The predicted octanol–water partition coefficient (Wildman–Crippen LogP) is -2.62. The van der Waals surface area contributed by atoms with Gasteiger partial charge in [0.15, 0.2) is 0 Å². The molecule has 0 N–H and O–H groups in total. The third-order valence-electron chi connectivity index (χ3n) is 0. The summed E-state index contributed by atoms with van der Waals surface area (Å²) < 4.78 is 34.5. The molecule has 4 nitrogen and oxygen atoms in total. The van der Waals surface area contributed by atoms with Crippen molar-refractivity contribution in [3.8, 4) is 0 Å². The summed E-state index contributed by atoms with van der Waals surface area (Å²) in [6.07, 6.45) is 0. The van der Waals surface area contributed by atoms with E-state index in [-0.39, 0.29) is 17.1 Å². The van der Waals surface area contributed by atoms with Gasteiger partial charge >= 0.3 is 48.1 Å². The topological polar surface area (TPSA) is 80.3 Å². The molecule has 6 heavy (non-hydrogen) atoms. The zero-order valence-electron chi connectivity index (χ0n) is 2.39. The summed E-state index contributed by atoms with van der Waals surface area (Å²) in [5.41, 5.74) is 0. The van der Waals surface area contributed by atoms with Gasteiger partial charge in [0.25, 0.3) is 0 Å². The molecule has 0 aliphatic carbocycles. The molecule has 0 unspecified atom stereocenters. The van der Waals surface area contributed by atoms with Crippen molar-refractivity contribution >= 4 is 0 Å². The molecule has 0 radical (unpaired) electrons. The van der Waals surface area contributed by atoms with Crippen LogP contribution in [0.25, 0.3) is 0 Å². The Balaban J connectivity index is 0. The molecule has 0 aliphatic rings. The molecule has 38 valence electrons. The second-order valence-electron chi connectivity index (χ2n) is 0.408. The van der Waals surface area contributed by atoms with Gasteiger partial charge in [-0.3, -0.25) is 0 Å². The molecule has 0 aromatic rings. The molecule has 0 spiro atoms. The van der Waals surface area contributed by atoms with Crippen molar-refractivity contribution in [3.63, 3.8) is 0 Å². The van der Waals surface area contributed by atoms with E-state index < -0.39 is 16.7 Å². The van der Waals surface area contributed by atoms with Crippen LogP contribution in [-0.4, -0.2) is 0 Å². The second kappa shape index (κ2) is 2.83. The van der Waals surface area contributed by atoms with Crippen LogP contribution < -0.4 is 7.52 Å². The summed E-state index contributed by atoms with van der Waals surface area (Å²) in [7, 11) is 0. The maximum atomic E-state index is 8.63. The normalized spacial score (nSPS) is 9.67. The van der Waals surface area contributed by atoms with Crippen molar-refractivity contribution in [2.75, 3.05) is 0 Å². The van der Waals surface area contributed by atoms with Crippen LogP contribution in [0.5, 0.6) is 0 Å². The van der Waals surface area contributed by atoms with Crippen molar-refractivity contribution in [2.45, 2.75) is 0 Å². The summed E-state index contributed by atoms with van der Waals surface area (Å²) >= 11 is -6.02. The molecule has 0 aromatic heterocycles. The maximum absolute atomic E-state index is 8.63. The van der Waals surface area contributed by atoms with E-state index in [1.807, 2.05) is 0 Å². The third-order valence-corrected chi connectivity index (χ3v) is 0. The van der Waals surface area contributed by atoms with E-state index in [4.69, 9.17) is 14.3 Å². The van der Waals surface area contributed by atoms with E-state index in [9.17, 15) is 0 Å². The summed E-state index contributed by atoms with van der Waals surface area (Å²) in [6.45, 7) is 0. The molecule has 0 saturated heterocycles. The minimum atomic E-state index is -6.02. The monoisotopic (exact) mass is 218 g/mol. The zero-order valence-corrected chi connectivity index (χ0v) is 5.51. The molecule has 0 bridgehead atoms. The average molecular weight is 216 g/mol. The Labute approximate surface area is 48.4 Å². The molecule has 0 rings (SSSR count). The van der Waals surface area contributed by atoms with E-state index in [2.05, 4.69) is 0 Å².